The fourth-order valence-electron chi connectivity index (χ4n) is 2.15. The molecule has 0 aromatic heterocycles. The molecule has 1 aromatic carbocycles. The van der Waals surface area contributed by atoms with Crippen LogP contribution >= 0.6 is 0 Å². The average molecular weight is 377 g/mol. The number of hydrogen-bond donors (Lipinski definition) is 3. The number of esters is 1. The molecule has 0 radical (unpaired) electrons. The van der Waals surface area contributed by atoms with Crippen molar-refractivity contribution in [3.05, 3.63) is 35.4 Å². The van der Waals surface area contributed by atoms with Gasteiger partial charge in [0.1, 0.15) is 6.04 Å². The lowest BCUT2D eigenvalue weighted by Gasteiger charge is -2.23. The number of aryl methyl sites for hydroxylation is 1. The molecule has 1 aromatic rings. The van der Waals surface area contributed by atoms with E-state index in [1.807, 2.05) is 6.92 Å². The quantitative estimate of drug-likeness (QED) is 0.624. The monoisotopic (exact) mass is 377 g/mol. The summed E-state index contributed by atoms with van der Waals surface area (Å²) >= 11 is 0. The van der Waals surface area contributed by atoms with Gasteiger partial charge in [0.05, 0.1) is 0 Å². The molecule has 0 heterocycles. The lowest BCUT2D eigenvalue weighted by atomic mass is 10.0. The maximum atomic E-state index is 12.4. The van der Waals surface area contributed by atoms with Crippen LogP contribution in [0.1, 0.15) is 43.6 Å². The van der Waals surface area contributed by atoms with Crippen molar-refractivity contribution < 1.29 is 23.9 Å². The zero-order valence-corrected chi connectivity index (χ0v) is 16.3. The van der Waals surface area contributed by atoms with Crippen LogP contribution in [0, 0.1) is 12.8 Å². The Bertz CT molecular complexity index is 685. The van der Waals surface area contributed by atoms with Gasteiger partial charge in [-0.25, -0.2) is 9.59 Å². The van der Waals surface area contributed by atoms with Crippen LogP contribution in [0.4, 0.5) is 4.79 Å². The van der Waals surface area contributed by atoms with Crippen LogP contribution in [-0.4, -0.2) is 42.5 Å². The molecular formula is C19H27N3O5. The summed E-state index contributed by atoms with van der Waals surface area (Å²) < 4.78 is 5.12. The highest BCUT2D eigenvalue weighted by Gasteiger charge is 2.29. The molecule has 0 saturated heterocycles. The number of hydrogen-bond acceptors (Lipinski definition) is 5. The van der Waals surface area contributed by atoms with E-state index in [0.717, 1.165) is 5.56 Å². The van der Waals surface area contributed by atoms with E-state index in [-0.39, 0.29) is 5.92 Å². The predicted octanol–water partition coefficient (Wildman–Crippen LogP) is 1.53. The van der Waals surface area contributed by atoms with Crippen LogP contribution in [0.15, 0.2) is 24.3 Å². The molecule has 0 spiro atoms. The second-order valence-electron chi connectivity index (χ2n) is 6.49. The number of imide groups is 1. The van der Waals surface area contributed by atoms with Crippen molar-refractivity contribution >= 4 is 23.8 Å². The smallest absolute Gasteiger partial charge is 0.329 e. The predicted molar refractivity (Wildman–Crippen MR) is 100 cm³/mol. The number of carbonyl (C=O) groups is 4. The van der Waals surface area contributed by atoms with Crippen LogP contribution in [0.3, 0.4) is 0 Å². The fourth-order valence-corrected chi connectivity index (χ4v) is 2.15. The van der Waals surface area contributed by atoms with Gasteiger partial charge in [0.25, 0.3) is 11.8 Å². The molecule has 0 unspecified atom stereocenters. The van der Waals surface area contributed by atoms with Crippen molar-refractivity contribution in [3.63, 3.8) is 0 Å². The van der Waals surface area contributed by atoms with Crippen LogP contribution in [0.25, 0.3) is 0 Å². The highest BCUT2D eigenvalue weighted by Crippen LogP contribution is 2.09. The third-order valence-electron chi connectivity index (χ3n) is 3.76. The van der Waals surface area contributed by atoms with Crippen molar-refractivity contribution in [2.45, 2.75) is 46.8 Å². The van der Waals surface area contributed by atoms with E-state index in [1.165, 1.54) is 6.92 Å². The minimum atomic E-state index is -1.18. The maximum Gasteiger partial charge on any atom is 0.329 e. The zero-order chi connectivity index (χ0) is 20.6. The van der Waals surface area contributed by atoms with Gasteiger partial charge < -0.3 is 15.4 Å². The first-order valence-corrected chi connectivity index (χ1v) is 8.82. The lowest BCUT2D eigenvalue weighted by molar-refractivity contribution is -0.157. The molecule has 0 saturated carbocycles. The fraction of sp³-hybridized carbons (Fsp3) is 0.474. The van der Waals surface area contributed by atoms with Gasteiger partial charge in [0.2, 0.25) is 0 Å². The number of urea groups is 1. The Hall–Kier alpha value is -2.90. The number of ether oxygens (including phenoxy) is 1. The van der Waals surface area contributed by atoms with Crippen molar-refractivity contribution in [1.82, 2.24) is 16.0 Å². The molecule has 8 heteroatoms. The van der Waals surface area contributed by atoms with E-state index < -0.39 is 36.0 Å². The van der Waals surface area contributed by atoms with Gasteiger partial charge in [0, 0.05) is 12.1 Å². The Morgan fingerprint density at radius 3 is 2.15 bits per heavy atom. The summed E-state index contributed by atoms with van der Waals surface area (Å²) in [7, 11) is 0. The van der Waals surface area contributed by atoms with E-state index in [1.54, 1.807) is 45.0 Å². The van der Waals surface area contributed by atoms with Crippen molar-refractivity contribution in [2.24, 2.45) is 5.92 Å². The summed E-state index contributed by atoms with van der Waals surface area (Å²) in [4.78, 5) is 48.0. The number of carbonyl (C=O) groups excluding carboxylic acids is 4. The summed E-state index contributed by atoms with van der Waals surface area (Å²) in [6, 6.07) is 5.32. The number of nitrogens with one attached hydrogen (secondary N) is 3. The topological polar surface area (TPSA) is 114 Å². The Labute approximate surface area is 159 Å². The van der Waals surface area contributed by atoms with E-state index in [4.69, 9.17) is 4.74 Å². The van der Waals surface area contributed by atoms with Gasteiger partial charge in [-0.2, -0.15) is 0 Å². The summed E-state index contributed by atoms with van der Waals surface area (Å²) in [5.74, 6) is -2.17. The highest BCUT2D eigenvalue weighted by molar-refractivity contribution is 5.98. The Morgan fingerprint density at radius 1 is 1.04 bits per heavy atom. The third kappa shape index (κ3) is 7.08. The Balaban J connectivity index is 2.72. The van der Waals surface area contributed by atoms with E-state index >= 15 is 0 Å². The lowest BCUT2D eigenvalue weighted by Crippen LogP contribution is -2.49. The number of rotatable bonds is 7. The van der Waals surface area contributed by atoms with Gasteiger partial charge >= 0.3 is 12.0 Å². The molecule has 27 heavy (non-hydrogen) atoms. The molecule has 2 atom stereocenters. The first-order chi connectivity index (χ1) is 12.6. The van der Waals surface area contributed by atoms with Crippen molar-refractivity contribution in [1.29, 1.82) is 0 Å². The van der Waals surface area contributed by atoms with Gasteiger partial charge in [-0.1, -0.05) is 31.5 Å². The largest absolute Gasteiger partial charge is 0.451 e. The molecule has 8 nitrogen and oxygen atoms in total. The highest BCUT2D eigenvalue weighted by atomic mass is 16.5. The minimum absolute atomic E-state index is 0.259. The summed E-state index contributed by atoms with van der Waals surface area (Å²) in [5.41, 5.74) is 1.43. The van der Waals surface area contributed by atoms with Crippen LogP contribution in [0.5, 0.6) is 0 Å². The van der Waals surface area contributed by atoms with Crippen molar-refractivity contribution in [3.8, 4) is 0 Å². The molecule has 0 aliphatic heterocycles. The molecule has 0 bridgehead atoms. The standard InChI is InChI=1S/C19H27N3O5/c1-6-20-19(26)22-16(23)13(5)27-18(25)15(11(2)3)21-17(24)14-9-7-12(4)8-10-14/h7-11,13,15H,6H2,1-5H3,(H,21,24)(H2,20,22,23,26)/t13-,15+/m1/s1. The molecule has 148 valence electrons. The SMILES string of the molecule is CCNC(=O)NC(=O)[C@@H](C)OC(=O)[C@@H](NC(=O)c1ccc(C)cc1)C(C)C. The van der Waals surface area contributed by atoms with Gasteiger partial charge in [-0.05, 0) is 38.8 Å². The molecule has 0 fully saturated rings. The molecule has 3 N–H and O–H groups in total. The Kier molecular flexibility index (Phi) is 8.44. The van der Waals surface area contributed by atoms with Gasteiger partial charge in [-0.3, -0.25) is 14.9 Å². The molecular weight excluding hydrogens is 350 g/mol. The molecule has 4 amide bonds. The molecule has 1 rings (SSSR count). The summed E-state index contributed by atoms with van der Waals surface area (Å²) in [5, 5.41) is 7.11. The number of benzene rings is 1. The van der Waals surface area contributed by atoms with Crippen molar-refractivity contribution in [2.75, 3.05) is 6.54 Å². The van der Waals surface area contributed by atoms with Gasteiger partial charge in [-0.15, -0.1) is 0 Å². The Morgan fingerprint density at radius 2 is 1.63 bits per heavy atom. The average Bonchev–Trinajstić information content (AvgIpc) is 2.59. The van der Waals surface area contributed by atoms with Crippen LogP contribution in [-0.2, 0) is 14.3 Å². The molecule has 0 aliphatic rings. The third-order valence-corrected chi connectivity index (χ3v) is 3.76. The second-order valence-corrected chi connectivity index (χ2v) is 6.49. The first kappa shape index (κ1) is 22.1. The summed E-state index contributed by atoms with van der Waals surface area (Å²) in [6.45, 7) is 8.82. The van der Waals surface area contributed by atoms with E-state index in [2.05, 4.69) is 16.0 Å². The van der Waals surface area contributed by atoms with E-state index in [0.29, 0.717) is 12.1 Å². The van der Waals surface area contributed by atoms with Crippen LogP contribution in [0.2, 0.25) is 0 Å². The maximum absolute atomic E-state index is 12.4. The van der Waals surface area contributed by atoms with Crippen LogP contribution < -0.4 is 16.0 Å². The number of amides is 4. The molecule has 0 aliphatic carbocycles. The second kappa shape index (κ2) is 10.3. The minimum Gasteiger partial charge on any atom is -0.451 e. The van der Waals surface area contributed by atoms with E-state index in [9.17, 15) is 19.2 Å². The summed E-state index contributed by atoms with van der Waals surface area (Å²) in [6.07, 6.45) is -1.18. The zero-order valence-electron chi connectivity index (χ0n) is 16.3. The normalized spacial score (nSPS) is 12.7. The first-order valence-electron chi connectivity index (χ1n) is 8.82. The van der Waals surface area contributed by atoms with Gasteiger partial charge in [0.15, 0.2) is 6.10 Å².